The summed E-state index contributed by atoms with van der Waals surface area (Å²) in [6.07, 6.45) is 0. The maximum Gasteiger partial charge on any atom is 0.138 e. The molecule has 0 saturated heterocycles. The first-order chi connectivity index (χ1) is 9.69. The Balaban J connectivity index is 2.01. The predicted octanol–water partition coefficient (Wildman–Crippen LogP) is 3.06. The highest BCUT2D eigenvalue weighted by Crippen LogP contribution is 2.20. The minimum absolute atomic E-state index is 0.0453. The number of halogens is 1. The molecule has 1 aromatic carbocycles. The van der Waals surface area contributed by atoms with E-state index in [1.807, 2.05) is 19.1 Å². The molecule has 4 nitrogen and oxygen atoms in total. The van der Waals surface area contributed by atoms with Gasteiger partial charge in [0.25, 0.3) is 0 Å². The van der Waals surface area contributed by atoms with Crippen LogP contribution in [0.4, 0.5) is 10.1 Å². The van der Waals surface area contributed by atoms with Crippen LogP contribution in [0.25, 0.3) is 0 Å². The average molecular weight is 276 g/mol. The normalized spacial score (nSPS) is 10.3. The third kappa shape index (κ3) is 3.85. The molecule has 0 aliphatic carbocycles. The van der Waals surface area contributed by atoms with Crippen molar-refractivity contribution >= 4 is 5.69 Å². The third-order valence-electron chi connectivity index (χ3n) is 2.73. The van der Waals surface area contributed by atoms with Gasteiger partial charge in [-0.05, 0) is 31.2 Å². The Hall–Kier alpha value is -2.30. The van der Waals surface area contributed by atoms with Crippen molar-refractivity contribution in [2.75, 3.05) is 18.6 Å². The monoisotopic (exact) mass is 276 g/mol. The summed E-state index contributed by atoms with van der Waals surface area (Å²) in [6, 6.07) is 10.6. The van der Waals surface area contributed by atoms with E-state index in [2.05, 4.69) is 10.3 Å². The van der Waals surface area contributed by atoms with E-state index in [1.54, 1.807) is 24.3 Å². The number of anilines is 1. The van der Waals surface area contributed by atoms with Crippen LogP contribution < -0.4 is 10.1 Å². The second-order valence-electron chi connectivity index (χ2n) is 4.34. The van der Waals surface area contributed by atoms with E-state index in [4.69, 9.17) is 4.74 Å². The Morgan fingerprint density at radius 2 is 2.15 bits per heavy atom. The van der Waals surface area contributed by atoms with Crippen LogP contribution in [-0.2, 0) is 6.54 Å². The average Bonchev–Trinajstić information content (AvgIpc) is 2.46. The van der Waals surface area contributed by atoms with Gasteiger partial charge in [-0.15, -0.1) is 0 Å². The molecule has 5 heteroatoms. The highest BCUT2D eigenvalue weighted by Gasteiger charge is 2.03. The van der Waals surface area contributed by atoms with Crippen molar-refractivity contribution in [2.24, 2.45) is 0 Å². The zero-order valence-electron chi connectivity index (χ0n) is 11.3. The van der Waals surface area contributed by atoms with Crippen LogP contribution in [0.5, 0.6) is 11.5 Å². The fourth-order valence-corrected chi connectivity index (χ4v) is 1.77. The number of benzene rings is 1. The number of nitrogens with one attached hydrogen (secondary N) is 1. The van der Waals surface area contributed by atoms with E-state index in [-0.39, 0.29) is 12.4 Å². The lowest BCUT2D eigenvalue weighted by Crippen LogP contribution is -2.03. The highest BCUT2D eigenvalue weighted by molar-refractivity contribution is 5.48. The summed E-state index contributed by atoms with van der Waals surface area (Å²) in [6.45, 7) is 1.80. The molecule has 1 aromatic heterocycles. The van der Waals surface area contributed by atoms with Crippen LogP contribution in [0.3, 0.4) is 0 Å². The second-order valence-corrected chi connectivity index (χ2v) is 4.34. The molecule has 0 amide bonds. The first-order valence-corrected chi connectivity index (χ1v) is 6.37. The van der Waals surface area contributed by atoms with Crippen LogP contribution in [0.15, 0.2) is 36.4 Å². The van der Waals surface area contributed by atoms with Gasteiger partial charge in [-0.25, -0.2) is 4.39 Å². The smallest absolute Gasteiger partial charge is 0.138 e. The molecule has 2 aromatic rings. The van der Waals surface area contributed by atoms with Crippen molar-refractivity contribution < 1.29 is 14.2 Å². The SMILES string of the molecule is Cc1ccc(O)c(CNc2cccc(OCCF)c2)n1. The Labute approximate surface area is 117 Å². The third-order valence-corrected chi connectivity index (χ3v) is 2.73. The standard InChI is InChI=1S/C15H17FN2O2/c1-11-5-6-15(19)14(18-11)10-17-12-3-2-4-13(9-12)20-8-7-16/h2-6,9,17,19H,7-8,10H2,1H3. The summed E-state index contributed by atoms with van der Waals surface area (Å²) in [5.41, 5.74) is 2.25. The molecule has 0 aliphatic heterocycles. The van der Waals surface area contributed by atoms with Gasteiger partial charge in [0.1, 0.15) is 30.5 Å². The minimum Gasteiger partial charge on any atom is -0.506 e. The number of nitrogens with zero attached hydrogens (tertiary/aromatic N) is 1. The van der Waals surface area contributed by atoms with Crippen LogP contribution >= 0.6 is 0 Å². The molecule has 0 bridgehead atoms. The molecule has 0 unspecified atom stereocenters. The largest absolute Gasteiger partial charge is 0.506 e. The van der Waals surface area contributed by atoms with Crippen molar-refractivity contribution in [3.63, 3.8) is 0 Å². The van der Waals surface area contributed by atoms with Crippen LogP contribution in [0.1, 0.15) is 11.4 Å². The first-order valence-electron chi connectivity index (χ1n) is 6.37. The number of pyridine rings is 1. The van der Waals surface area contributed by atoms with E-state index in [9.17, 15) is 9.50 Å². The van der Waals surface area contributed by atoms with Gasteiger partial charge in [0.2, 0.25) is 0 Å². The van der Waals surface area contributed by atoms with E-state index in [0.717, 1.165) is 11.4 Å². The molecular formula is C15H17FN2O2. The summed E-state index contributed by atoms with van der Waals surface area (Å²) in [4.78, 5) is 4.27. The summed E-state index contributed by atoms with van der Waals surface area (Å²) in [7, 11) is 0. The zero-order valence-corrected chi connectivity index (χ0v) is 11.3. The lowest BCUT2D eigenvalue weighted by molar-refractivity contribution is 0.273. The molecule has 20 heavy (non-hydrogen) atoms. The molecule has 2 rings (SSSR count). The Kier molecular flexibility index (Phi) is 4.76. The van der Waals surface area contributed by atoms with Crippen molar-refractivity contribution in [3.8, 4) is 11.5 Å². The minimum atomic E-state index is -0.515. The maximum atomic E-state index is 12.1. The van der Waals surface area contributed by atoms with E-state index < -0.39 is 6.67 Å². The van der Waals surface area contributed by atoms with Crippen molar-refractivity contribution in [1.82, 2.24) is 4.98 Å². The molecule has 2 N–H and O–H groups in total. The quantitative estimate of drug-likeness (QED) is 0.851. The molecule has 0 spiro atoms. The van der Waals surface area contributed by atoms with Gasteiger partial charge in [-0.3, -0.25) is 4.98 Å². The fourth-order valence-electron chi connectivity index (χ4n) is 1.77. The Bertz CT molecular complexity index is 576. The number of rotatable bonds is 6. The van der Waals surface area contributed by atoms with Gasteiger partial charge < -0.3 is 15.2 Å². The molecule has 0 fully saturated rings. The van der Waals surface area contributed by atoms with E-state index >= 15 is 0 Å². The molecule has 1 heterocycles. The van der Waals surface area contributed by atoms with Gasteiger partial charge in [0, 0.05) is 17.4 Å². The summed E-state index contributed by atoms with van der Waals surface area (Å²) in [5, 5.41) is 12.9. The van der Waals surface area contributed by atoms with E-state index in [0.29, 0.717) is 18.0 Å². The number of hydrogen-bond acceptors (Lipinski definition) is 4. The number of ether oxygens (including phenoxy) is 1. The number of hydrogen-bond donors (Lipinski definition) is 2. The second kappa shape index (κ2) is 6.75. The summed E-state index contributed by atoms with van der Waals surface area (Å²) >= 11 is 0. The summed E-state index contributed by atoms with van der Waals surface area (Å²) in [5.74, 6) is 0.766. The lowest BCUT2D eigenvalue weighted by atomic mass is 10.2. The van der Waals surface area contributed by atoms with Gasteiger partial charge in [0.15, 0.2) is 0 Å². The van der Waals surface area contributed by atoms with Crippen molar-refractivity contribution in [1.29, 1.82) is 0 Å². The number of aromatic nitrogens is 1. The number of alkyl halides is 1. The molecule has 106 valence electrons. The molecule has 0 aliphatic rings. The fraction of sp³-hybridized carbons (Fsp3) is 0.267. The van der Waals surface area contributed by atoms with Crippen LogP contribution in [0, 0.1) is 6.92 Å². The highest BCUT2D eigenvalue weighted by atomic mass is 19.1. The first kappa shape index (κ1) is 14.1. The molecular weight excluding hydrogens is 259 g/mol. The molecule has 0 saturated carbocycles. The van der Waals surface area contributed by atoms with E-state index in [1.165, 1.54) is 0 Å². The Morgan fingerprint density at radius 3 is 2.95 bits per heavy atom. The van der Waals surface area contributed by atoms with Crippen molar-refractivity contribution in [3.05, 3.63) is 47.8 Å². The van der Waals surface area contributed by atoms with Crippen LogP contribution in [0.2, 0.25) is 0 Å². The molecule has 0 atom stereocenters. The van der Waals surface area contributed by atoms with Gasteiger partial charge >= 0.3 is 0 Å². The van der Waals surface area contributed by atoms with Crippen molar-refractivity contribution in [2.45, 2.75) is 13.5 Å². The maximum absolute atomic E-state index is 12.1. The van der Waals surface area contributed by atoms with Gasteiger partial charge in [-0.2, -0.15) is 0 Å². The predicted molar refractivity (Wildman–Crippen MR) is 75.9 cm³/mol. The van der Waals surface area contributed by atoms with Gasteiger partial charge in [0.05, 0.1) is 6.54 Å². The van der Waals surface area contributed by atoms with Gasteiger partial charge in [-0.1, -0.05) is 6.07 Å². The zero-order chi connectivity index (χ0) is 14.4. The molecule has 0 radical (unpaired) electrons. The Morgan fingerprint density at radius 1 is 1.30 bits per heavy atom. The number of aryl methyl sites for hydroxylation is 1. The number of aromatic hydroxyl groups is 1. The topological polar surface area (TPSA) is 54.4 Å². The van der Waals surface area contributed by atoms with Crippen LogP contribution in [-0.4, -0.2) is 23.4 Å². The summed E-state index contributed by atoms with van der Waals surface area (Å²) < 4.78 is 17.3. The lowest BCUT2D eigenvalue weighted by Gasteiger charge is -2.10.